The highest BCUT2D eigenvalue weighted by molar-refractivity contribution is 5.96. The summed E-state index contributed by atoms with van der Waals surface area (Å²) < 4.78 is 54.0. The van der Waals surface area contributed by atoms with Gasteiger partial charge in [-0.25, -0.2) is 0 Å². The van der Waals surface area contributed by atoms with Crippen LogP contribution in [0.2, 0.25) is 0 Å². The first-order valence-corrected chi connectivity index (χ1v) is 13.1. The van der Waals surface area contributed by atoms with Gasteiger partial charge < -0.3 is 19.7 Å². The number of hydrogen-bond donors (Lipinski definition) is 2. The van der Waals surface area contributed by atoms with Crippen LogP contribution < -0.4 is 9.47 Å². The molecule has 39 heavy (non-hydrogen) atoms. The predicted molar refractivity (Wildman–Crippen MR) is 144 cm³/mol. The third-order valence-corrected chi connectivity index (χ3v) is 7.59. The molecule has 5 rings (SSSR count). The average molecular weight is 540 g/mol. The minimum atomic E-state index is -4.72. The zero-order chi connectivity index (χ0) is 27.9. The van der Waals surface area contributed by atoms with Crippen LogP contribution in [0.5, 0.6) is 23.0 Å². The number of benzene rings is 3. The van der Waals surface area contributed by atoms with Crippen LogP contribution in [0.15, 0.2) is 60.7 Å². The fourth-order valence-corrected chi connectivity index (χ4v) is 5.45. The SMILES string of the molecule is CC1=C(c2cccc(O)c2)C(c2ccc(OC[C@H](C)N3CC[C@@H](C)C3)cc2)Oc2c1cc(O)cc2C(F)(F)F. The van der Waals surface area contributed by atoms with Gasteiger partial charge in [-0.2, -0.15) is 13.2 Å². The molecule has 0 aliphatic carbocycles. The van der Waals surface area contributed by atoms with Gasteiger partial charge in [0.25, 0.3) is 0 Å². The van der Waals surface area contributed by atoms with E-state index in [1.807, 2.05) is 0 Å². The second-order valence-corrected chi connectivity index (χ2v) is 10.6. The van der Waals surface area contributed by atoms with E-state index in [-0.39, 0.29) is 23.1 Å². The zero-order valence-corrected chi connectivity index (χ0v) is 22.1. The van der Waals surface area contributed by atoms with Crippen LogP contribution >= 0.6 is 0 Å². The fraction of sp³-hybridized carbons (Fsp3) is 0.355. The van der Waals surface area contributed by atoms with Gasteiger partial charge in [-0.3, -0.25) is 4.90 Å². The maximum atomic E-state index is 14.0. The van der Waals surface area contributed by atoms with Crippen molar-refractivity contribution < 1.29 is 32.9 Å². The summed E-state index contributed by atoms with van der Waals surface area (Å²) in [4.78, 5) is 2.41. The minimum absolute atomic E-state index is 0.0227. The number of aromatic hydroxyl groups is 2. The number of rotatable bonds is 6. The zero-order valence-electron chi connectivity index (χ0n) is 22.1. The molecule has 5 nitrogen and oxygen atoms in total. The number of nitrogens with zero attached hydrogens (tertiary/aromatic N) is 1. The fourth-order valence-electron chi connectivity index (χ4n) is 5.45. The Bertz CT molecular complexity index is 1380. The summed E-state index contributed by atoms with van der Waals surface area (Å²) in [6.45, 7) is 8.75. The van der Waals surface area contributed by atoms with Crippen molar-refractivity contribution in [1.29, 1.82) is 0 Å². The van der Waals surface area contributed by atoms with Crippen LogP contribution in [0.3, 0.4) is 0 Å². The summed E-state index contributed by atoms with van der Waals surface area (Å²) in [5.41, 5.74) is 1.47. The van der Waals surface area contributed by atoms with Crippen LogP contribution in [0.4, 0.5) is 13.2 Å². The summed E-state index contributed by atoms with van der Waals surface area (Å²) in [5.74, 6) is 0.535. The average Bonchev–Trinajstić information content (AvgIpc) is 3.33. The second kappa shape index (κ2) is 10.5. The normalized spacial score (nSPS) is 20.5. The van der Waals surface area contributed by atoms with Crippen molar-refractivity contribution in [2.24, 2.45) is 5.92 Å². The molecule has 2 N–H and O–H groups in total. The number of ether oxygens (including phenoxy) is 2. The van der Waals surface area contributed by atoms with E-state index in [1.54, 1.807) is 49.4 Å². The van der Waals surface area contributed by atoms with E-state index < -0.39 is 23.6 Å². The molecule has 206 valence electrons. The van der Waals surface area contributed by atoms with Gasteiger partial charge in [-0.1, -0.05) is 31.2 Å². The number of halogens is 3. The molecule has 0 amide bonds. The molecule has 0 aromatic heterocycles. The van der Waals surface area contributed by atoms with Gasteiger partial charge in [0.15, 0.2) is 0 Å². The van der Waals surface area contributed by atoms with Crippen molar-refractivity contribution in [3.8, 4) is 23.0 Å². The van der Waals surface area contributed by atoms with Crippen LogP contribution in [-0.2, 0) is 6.18 Å². The van der Waals surface area contributed by atoms with Crippen molar-refractivity contribution >= 4 is 11.1 Å². The molecule has 8 heteroatoms. The van der Waals surface area contributed by atoms with Gasteiger partial charge in [0.1, 0.15) is 41.3 Å². The van der Waals surface area contributed by atoms with Gasteiger partial charge in [-0.15, -0.1) is 0 Å². The number of hydrogen-bond acceptors (Lipinski definition) is 5. The highest BCUT2D eigenvalue weighted by atomic mass is 19.4. The number of allylic oxidation sites excluding steroid dienone is 1. The van der Waals surface area contributed by atoms with E-state index in [0.29, 0.717) is 46.6 Å². The molecule has 0 spiro atoms. The highest BCUT2D eigenvalue weighted by Crippen LogP contribution is 2.52. The number of phenolic OH excluding ortho intramolecular Hbond substituents is 2. The van der Waals surface area contributed by atoms with Gasteiger partial charge in [-0.05, 0) is 85.8 Å². The van der Waals surface area contributed by atoms with E-state index in [1.165, 1.54) is 18.6 Å². The Morgan fingerprint density at radius 3 is 2.44 bits per heavy atom. The predicted octanol–water partition coefficient (Wildman–Crippen LogP) is 7.29. The Kier molecular flexibility index (Phi) is 7.25. The topological polar surface area (TPSA) is 62.2 Å². The van der Waals surface area contributed by atoms with Crippen LogP contribution in [0.25, 0.3) is 11.1 Å². The smallest absolute Gasteiger partial charge is 0.420 e. The van der Waals surface area contributed by atoms with Crippen LogP contribution in [0.1, 0.15) is 55.5 Å². The molecule has 0 saturated carbocycles. The lowest BCUT2D eigenvalue weighted by Crippen LogP contribution is -2.35. The third-order valence-electron chi connectivity index (χ3n) is 7.59. The monoisotopic (exact) mass is 539 g/mol. The lowest BCUT2D eigenvalue weighted by atomic mass is 9.85. The van der Waals surface area contributed by atoms with Crippen molar-refractivity contribution in [3.63, 3.8) is 0 Å². The van der Waals surface area contributed by atoms with E-state index in [4.69, 9.17) is 9.47 Å². The Morgan fingerprint density at radius 1 is 1.05 bits per heavy atom. The minimum Gasteiger partial charge on any atom is -0.508 e. The molecular weight excluding hydrogens is 507 g/mol. The van der Waals surface area contributed by atoms with Crippen molar-refractivity contribution in [3.05, 3.63) is 82.9 Å². The number of alkyl halides is 3. The van der Waals surface area contributed by atoms with E-state index in [2.05, 4.69) is 18.7 Å². The van der Waals surface area contributed by atoms with Gasteiger partial charge in [0, 0.05) is 23.7 Å². The number of likely N-dealkylation sites (tertiary alicyclic amines) is 1. The molecule has 3 aromatic rings. The Balaban J connectivity index is 1.49. The molecule has 1 saturated heterocycles. The number of phenols is 2. The molecule has 0 bridgehead atoms. The van der Waals surface area contributed by atoms with E-state index in [0.717, 1.165) is 13.1 Å². The first-order chi connectivity index (χ1) is 18.5. The second-order valence-electron chi connectivity index (χ2n) is 10.6. The van der Waals surface area contributed by atoms with E-state index in [9.17, 15) is 23.4 Å². The maximum Gasteiger partial charge on any atom is 0.420 e. The number of fused-ring (bicyclic) bond motifs is 1. The first kappa shape index (κ1) is 26.9. The molecule has 3 atom stereocenters. The van der Waals surface area contributed by atoms with Crippen LogP contribution in [-0.4, -0.2) is 40.9 Å². The first-order valence-electron chi connectivity index (χ1n) is 13.1. The highest BCUT2D eigenvalue weighted by Gasteiger charge is 2.40. The van der Waals surface area contributed by atoms with Gasteiger partial charge >= 0.3 is 6.18 Å². The molecule has 3 aromatic carbocycles. The summed E-state index contributed by atoms with van der Waals surface area (Å²) in [6, 6.07) is 15.9. The lowest BCUT2D eigenvalue weighted by Gasteiger charge is -2.33. The molecule has 1 fully saturated rings. The Hall–Kier alpha value is -3.65. The summed E-state index contributed by atoms with van der Waals surface area (Å²) in [5, 5.41) is 20.2. The molecular formula is C31H32F3NO4. The molecule has 2 aliphatic rings. The van der Waals surface area contributed by atoms with Gasteiger partial charge in [0.05, 0.1) is 0 Å². The standard InChI is InChI=1S/C31H32F3NO4/c1-18-11-12-35(16-18)19(2)17-38-25-9-7-21(8-10-25)29-28(22-5-4-6-23(36)13-22)20(3)26-14-24(37)15-27(30(26)39-29)31(32,33)34/h4-10,13-15,18-19,29,36-37H,11-12,16-17H2,1-3H3/t18-,19+,29?/m1/s1. The molecule has 2 aliphatic heterocycles. The molecule has 2 heterocycles. The maximum absolute atomic E-state index is 14.0. The van der Waals surface area contributed by atoms with E-state index >= 15 is 0 Å². The lowest BCUT2D eigenvalue weighted by molar-refractivity contribution is -0.139. The van der Waals surface area contributed by atoms with Crippen molar-refractivity contribution in [2.45, 2.75) is 45.5 Å². The van der Waals surface area contributed by atoms with Crippen molar-refractivity contribution in [1.82, 2.24) is 4.90 Å². The van der Waals surface area contributed by atoms with Gasteiger partial charge in [0.2, 0.25) is 0 Å². The molecule has 1 unspecified atom stereocenters. The Morgan fingerprint density at radius 2 is 1.79 bits per heavy atom. The molecule has 0 radical (unpaired) electrons. The largest absolute Gasteiger partial charge is 0.508 e. The third kappa shape index (κ3) is 5.57. The Labute approximate surface area is 226 Å². The van der Waals surface area contributed by atoms with Crippen LogP contribution in [0, 0.1) is 5.92 Å². The summed E-state index contributed by atoms with van der Waals surface area (Å²) in [7, 11) is 0. The summed E-state index contributed by atoms with van der Waals surface area (Å²) >= 11 is 0. The summed E-state index contributed by atoms with van der Waals surface area (Å²) in [6.07, 6.45) is -4.42. The van der Waals surface area contributed by atoms with Crippen molar-refractivity contribution in [2.75, 3.05) is 19.7 Å². The quantitative estimate of drug-likeness (QED) is 0.345.